The Hall–Kier alpha value is -1.29. The van der Waals surface area contributed by atoms with E-state index in [1.165, 1.54) is 18.2 Å². The van der Waals surface area contributed by atoms with Crippen molar-refractivity contribution in [1.29, 1.82) is 0 Å². The maximum absolute atomic E-state index is 13.8. The monoisotopic (exact) mass is 300 g/mol. The summed E-state index contributed by atoms with van der Waals surface area (Å²) in [6.45, 7) is 1.56. The Morgan fingerprint density at radius 2 is 1.84 bits per heavy atom. The quantitative estimate of drug-likeness (QED) is 0.866. The molecule has 0 saturated carbocycles. The van der Waals surface area contributed by atoms with Crippen molar-refractivity contribution in [3.05, 3.63) is 57.8 Å². The van der Waals surface area contributed by atoms with Gasteiger partial charge in [0.1, 0.15) is 5.75 Å². The number of halogens is 3. The second kappa shape index (κ2) is 5.78. The molecule has 1 N–H and O–H groups in total. The van der Waals surface area contributed by atoms with Gasteiger partial charge in [0.25, 0.3) is 0 Å². The molecule has 0 bridgehead atoms. The van der Waals surface area contributed by atoms with E-state index in [0.717, 1.165) is 0 Å². The molecule has 0 radical (unpaired) electrons. The van der Waals surface area contributed by atoms with Gasteiger partial charge in [-0.25, -0.2) is 4.39 Å². The van der Waals surface area contributed by atoms with Crippen molar-refractivity contribution in [3.63, 3.8) is 0 Å². The summed E-state index contributed by atoms with van der Waals surface area (Å²) in [5.41, 5.74) is 0.485. The third kappa shape index (κ3) is 3.38. The van der Waals surface area contributed by atoms with E-state index in [1.54, 1.807) is 25.1 Å². The van der Waals surface area contributed by atoms with Crippen molar-refractivity contribution < 1.29 is 14.2 Å². The first-order valence-electron chi connectivity index (χ1n) is 5.58. The van der Waals surface area contributed by atoms with Crippen LogP contribution in [0, 0.1) is 5.82 Å². The highest BCUT2D eigenvalue weighted by Gasteiger charge is 2.09. The van der Waals surface area contributed by atoms with Crippen molar-refractivity contribution in [1.82, 2.24) is 0 Å². The molecule has 0 aromatic heterocycles. The molecule has 1 atom stereocenters. The molecule has 0 spiro atoms. The Bertz CT molecular complexity index is 600. The number of aliphatic hydroxyl groups excluding tert-OH is 1. The molecule has 2 nitrogen and oxygen atoms in total. The lowest BCUT2D eigenvalue weighted by atomic mass is 10.1. The van der Waals surface area contributed by atoms with E-state index in [0.29, 0.717) is 21.4 Å². The van der Waals surface area contributed by atoms with Crippen molar-refractivity contribution in [2.75, 3.05) is 0 Å². The largest absolute Gasteiger partial charge is 0.454 e. The smallest absolute Gasteiger partial charge is 0.166 e. The van der Waals surface area contributed by atoms with Gasteiger partial charge in [0.05, 0.1) is 16.1 Å². The lowest BCUT2D eigenvalue weighted by Gasteiger charge is -2.10. The van der Waals surface area contributed by atoms with Crippen LogP contribution in [0.4, 0.5) is 4.39 Å². The van der Waals surface area contributed by atoms with Gasteiger partial charge in [0, 0.05) is 6.07 Å². The number of benzene rings is 2. The predicted octanol–water partition coefficient (Wildman–Crippen LogP) is 4.98. The van der Waals surface area contributed by atoms with Gasteiger partial charge in [0.2, 0.25) is 0 Å². The minimum absolute atomic E-state index is 0.0581. The second-order valence-electron chi connectivity index (χ2n) is 4.04. The van der Waals surface area contributed by atoms with Crippen LogP contribution in [0.2, 0.25) is 10.0 Å². The molecule has 0 aliphatic heterocycles. The van der Waals surface area contributed by atoms with Crippen LogP contribution < -0.4 is 4.74 Å². The van der Waals surface area contributed by atoms with Gasteiger partial charge in [-0.2, -0.15) is 0 Å². The van der Waals surface area contributed by atoms with E-state index in [1.807, 2.05) is 0 Å². The van der Waals surface area contributed by atoms with Crippen molar-refractivity contribution in [3.8, 4) is 11.5 Å². The fourth-order valence-electron chi connectivity index (χ4n) is 1.53. The molecule has 0 unspecified atom stereocenters. The fraction of sp³-hybridized carbons (Fsp3) is 0.143. The topological polar surface area (TPSA) is 29.5 Å². The average Bonchev–Trinajstić information content (AvgIpc) is 2.36. The summed E-state index contributed by atoms with van der Waals surface area (Å²) in [6, 6.07) is 8.96. The molecule has 0 heterocycles. The molecular weight excluding hydrogens is 290 g/mol. The second-order valence-corrected chi connectivity index (χ2v) is 4.86. The third-order valence-electron chi connectivity index (χ3n) is 2.56. The lowest BCUT2D eigenvalue weighted by Crippen LogP contribution is -1.94. The van der Waals surface area contributed by atoms with E-state index >= 15 is 0 Å². The number of rotatable bonds is 3. The van der Waals surface area contributed by atoms with Crippen LogP contribution >= 0.6 is 23.2 Å². The Kier molecular flexibility index (Phi) is 4.30. The first-order valence-corrected chi connectivity index (χ1v) is 6.33. The van der Waals surface area contributed by atoms with E-state index in [9.17, 15) is 9.50 Å². The first kappa shape index (κ1) is 14.1. The summed E-state index contributed by atoms with van der Waals surface area (Å²) < 4.78 is 19.2. The Morgan fingerprint density at radius 3 is 2.42 bits per heavy atom. The van der Waals surface area contributed by atoms with Gasteiger partial charge in [-0.3, -0.25) is 0 Å². The van der Waals surface area contributed by atoms with Crippen LogP contribution in [-0.2, 0) is 0 Å². The Balaban J connectivity index is 2.25. The Labute approximate surface area is 120 Å². The summed E-state index contributed by atoms with van der Waals surface area (Å²) in [5, 5.41) is 10.1. The number of ether oxygens (including phenoxy) is 1. The van der Waals surface area contributed by atoms with Crippen LogP contribution in [0.25, 0.3) is 0 Å². The van der Waals surface area contributed by atoms with E-state index in [2.05, 4.69) is 0 Å². The summed E-state index contributed by atoms with van der Waals surface area (Å²) in [7, 11) is 0. The van der Waals surface area contributed by atoms with E-state index < -0.39 is 11.9 Å². The van der Waals surface area contributed by atoms with Gasteiger partial charge in [-0.15, -0.1) is 0 Å². The van der Waals surface area contributed by atoms with Gasteiger partial charge in [-0.1, -0.05) is 29.3 Å². The lowest BCUT2D eigenvalue weighted by molar-refractivity contribution is 0.198. The average molecular weight is 301 g/mol. The molecule has 0 fully saturated rings. The van der Waals surface area contributed by atoms with Crippen LogP contribution in [0.5, 0.6) is 11.5 Å². The highest BCUT2D eigenvalue weighted by Crippen LogP contribution is 2.31. The SMILES string of the molecule is C[C@@H](O)c1ccc(Oc2ccc(Cl)c(Cl)c2)c(F)c1. The third-order valence-corrected chi connectivity index (χ3v) is 3.30. The van der Waals surface area contributed by atoms with Gasteiger partial charge >= 0.3 is 0 Å². The normalized spacial score (nSPS) is 12.3. The zero-order valence-corrected chi connectivity index (χ0v) is 11.5. The summed E-state index contributed by atoms with van der Waals surface area (Å²) in [6.07, 6.45) is -0.728. The van der Waals surface area contributed by atoms with Gasteiger partial charge in [0.15, 0.2) is 11.6 Å². The molecule has 2 aromatic carbocycles. The first-order chi connectivity index (χ1) is 8.97. The summed E-state index contributed by atoms with van der Waals surface area (Å²) in [4.78, 5) is 0. The van der Waals surface area contributed by atoms with E-state index in [-0.39, 0.29) is 5.75 Å². The molecule has 19 heavy (non-hydrogen) atoms. The Morgan fingerprint density at radius 1 is 1.11 bits per heavy atom. The maximum atomic E-state index is 13.8. The van der Waals surface area contributed by atoms with E-state index in [4.69, 9.17) is 27.9 Å². The van der Waals surface area contributed by atoms with Crippen molar-refractivity contribution >= 4 is 23.2 Å². The molecule has 5 heteroatoms. The number of aliphatic hydroxyl groups is 1. The number of hydrogen-bond acceptors (Lipinski definition) is 2. The zero-order valence-electron chi connectivity index (χ0n) is 10.0. The van der Waals surface area contributed by atoms with Gasteiger partial charge in [-0.05, 0) is 36.8 Å². The van der Waals surface area contributed by atoms with Gasteiger partial charge < -0.3 is 9.84 Å². The predicted molar refractivity (Wildman–Crippen MR) is 73.6 cm³/mol. The van der Waals surface area contributed by atoms with Crippen molar-refractivity contribution in [2.45, 2.75) is 13.0 Å². The highest BCUT2D eigenvalue weighted by molar-refractivity contribution is 6.42. The van der Waals surface area contributed by atoms with Crippen LogP contribution in [0.1, 0.15) is 18.6 Å². The zero-order chi connectivity index (χ0) is 14.0. The molecule has 0 saturated heterocycles. The van der Waals surface area contributed by atoms with Crippen LogP contribution in [0.15, 0.2) is 36.4 Å². The van der Waals surface area contributed by atoms with Crippen molar-refractivity contribution in [2.24, 2.45) is 0 Å². The molecule has 2 rings (SSSR count). The summed E-state index contributed by atoms with van der Waals surface area (Å²) in [5.74, 6) is -0.106. The standard InChI is InChI=1S/C14H11Cl2FO2/c1-8(18)9-2-5-14(13(17)6-9)19-10-3-4-11(15)12(16)7-10/h2-8,18H,1H3/t8-/m1/s1. The highest BCUT2D eigenvalue weighted by atomic mass is 35.5. The minimum atomic E-state index is -0.728. The maximum Gasteiger partial charge on any atom is 0.166 e. The number of hydrogen-bond donors (Lipinski definition) is 1. The molecule has 2 aromatic rings. The minimum Gasteiger partial charge on any atom is -0.454 e. The molecule has 0 amide bonds. The molecular formula is C14H11Cl2FO2. The summed E-state index contributed by atoms with van der Waals surface area (Å²) >= 11 is 11.6. The molecule has 0 aliphatic rings. The molecule has 0 aliphatic carbocycles. The van der Waals surface area contributed by atoms with Crippen LogP contribution in [0.3, 0.4) is 0 Å². The fourth-order valence-corrected chi connectivity index (χ4v) is 1.82. The molecule has 100 valence electrons. The van der Waals surface area contributed by atoms with Crippen LogP contribution in [-0.4, -0.2) is 5.11 Å².